The van der Waals surface area contributed by atoms with E-state index in [1.54, 1.807) is 12.1 Å². The molecule has 0 radical (unpaired) electrons. The fourth-order valence-electron chi connectivity index (χ4n) is 1.14. The number of anilines is 1. The maximum atomic E-state index is 10.6. The molecule has 15 heavy (non-hydrogen) atoms. The van der Waals surface area contributed by atoms with Gasteiger partial charge in [0.2, 0.25) is 0 Å². The van der Waals surface area contributed by atoms with E-state index in [0.717, 1.165) is 13.0 Å². The van der Waals surface area contributed by atoms with Gasteiger partial charge in [-0.2, -0.15) is 0 Å². The van der Waals surface area contributed by atoms with Gasteiger partial charge in [-0.05, 0) is 24.5 Å². The van der Waals surface area contributed by atoms with E-state index >= 15 is 0 Å². The number of hydrogen-bond donors (Lipinski definition) is 2. The number of carboxylic acid groups (broad SMARTS) is 1. The standard InChI is InChI=1S/C11H16N2O2/c1-8(2)6-7-12-10-5-3-4-9(13-10)11(14)15/h3-5,8H,6-7H2,1-2H3,(H,12,13)(H,14,15). The normalized spacial score (nSPS) is 10.3. The Bertz CT molecular complexity index is 337. The number of carboxylic acids is 1. The molecule has 4 heteroatoms. The molecular weight excluding hydrogens is 192 g/mol. The number of aromatic carboxylic acids is 1. The van der Waals surface area contributed by atoms with Crippen LogP contribution >= 0.6 is 0 Å². The van der Waals surface area contributed by atoms with Gasteiger partial charge in [-0.1, -0.05) is 19.9 Å². The molecule has 0 aliphatic carbocycles. The monoisotopic (exact) mass is 208 g/mol. The summed E-state index contributed by atoms with van der Waals surface area (Å²) in [5.41, 5.74) is 0.0737. The van der Waals surface area contributed by atoms with Crippen LogP contribution < -0.4 is 5.32 Å². The van der Waals surface area contributed by atoms with Gasteiger partial charge in [0.25, 0.3) is 0 Å². The maximum Gasteiger partial charge on any atom is 0.354 e. The molecule has 0 amide bonds. The molecule has 0 atom stereocenters. The first-order chi connectivity index (χ1) is 7.09. The Morgan fingerprint density at radius 1 is 1.53 bits per heavy atom. The van der Waals surface area contributed by atoms with Crippen LogP contribution in [0, 0.1) is 5.92 Å². The second kappa shape index (κ2) is 5.34. The molecule has 4 nitrogen and oxygen atoms in total. The Morgan fingerprint density at radius 2 is 2.27 bits per heavy atom. The maximum absolute atomic E-state index is 10.6. The third-order valence-corrected chi connectivity index (χ3v) is 2.00. The Morgan fingerprint density at radius 3 is 2.87 bits per heavy atom. The molecular formula is C11H16N2O2. The van der Waals surface area contributed by atoms with E-state index < -0.39 is 5.97 Å². The minimum Gasteiger partial charge on any atom is -0.477 e. The summed E-state index contributed by atoms with van der Waals surface area (Å²) in [7, 11) is 0. The zero-order valence-corrected chi connectivity index (χ0v) is 9.03. The average Bonchev–Trinajstić information content (AvgIpc) is 2.17. The van der Waals surface area contributed by atoms with Gasteiger partial charge in [0.05, 0.1) is 0 Å². The number of nitrogens with one attached hydrogen (secondary N) is 1. The summed E-state index contributed by atoms with van der Waals surface area (Å²) in [4.78, 5) is 14.6. The van der Waals surface area contributed by atoms with Crippen molar-refractivity contribution in [1.29, 1.82) is 0 Å². The summed E-state index contributed by atoms with van der Waals surface area (Å²) in [5.74, 6) is 0.248. The molecule has 0 aliphatic rings. The lowest BCUT2D eigenvalue weighted by Crippen LogP contribution is -2.08. The van der Waals surface area contributed by atoms with E-state index in [4.69, 9.17) is 5.11 Å². The molecule has 0 unspecified atom stereocenters. The van der Waals surface area contributed by atoms with E-state index in [-0.39, 0.29) is 5.69 Å². The Balaban J connectivity index is 2.54. The fraction of sp³-hybridized carbons (Fsp3) is 0.455. The van der Waals surface area contributed by atoms with E-state index in [9.17, 15) is 4.79 Å². The summed E-state index contributed by atoms with van der Waals surface area (Å²) in [5, 5.41) is 11.8. The van der Waals surface area contributed by atoms with Crippen molar-refractivity contribution in [2.24, 2.45) is 5.92 Å². The van der Waals surface area contributed by atoms with Crippen LogP contribution in [0.2, 0.25) is 0 Å². The lowest BCUT2D eigenvalue weighted by molar-refractivity contribution is 0.0690. The summed E-state index contributed by atoms with van der Waals surface area (Å²) < 4.78 is 0. The second-order valence-electron chi connectivity index (χ2n) is 3.82. The van der Waals surface area contributed by atoms with Crippen LogP contribution in [0.4, 0.5) is 5.82 Å². The van der Waals surface area contributed by atoms with Crippen molar-refractivity contribution in [3.8, 4) is 0 Å². The molecule has 1 heterocycles. The molecule has 82 valence electrons. The van der Waals surface area contributed by atoms with Gasteiger partial charge in [-0.3, -0.25) is 0 Å². The molecule has 0 aromatic carbocycles. The highest BCUT2D eigenvalue weighted by Gasteiger charge is 2.04. The minimum atomic E-state index is -0.998. The third kappa shape index (κ3) is 3.97. The molecule has 0 aliphatic heterocycles. The smallest absolute Gasteiger partial charge is 0.354 e. The van der Waals surface area contributed by atoms with Gasteiger partial charge in [-0.25, -0.2) is 9.78 Å². The Hall–Kier alpha value is -1.58. The highest BCUT2D eigenvalue weighted by Crippen LogP contribution is 2.06. The van der Waals surface area contributed by atoms with Crippen molar-refractivity contribution in [2.75, 3.05) is 11.9 Å². The molecule has 0 spiro atoms. The molecule has 0 saturated carbocycles. The molecule has 0 bridgehead atoms. The minimum absolute atomic E-state index is 0.0737. The molecule has 1 rings (SSSR count). The van der Waals surface area contributed by atoms with E-state index in [0.29, 0.717) is 11.7 Å². The molecule has 0 saturated heterocycles. The van der Waals surface area contributed by atoms with Crippen LogP contribution in [-0.4, -0.2) is 22.6 Å². The fourth-order valence-corrected chi connectivity index (χ4v) is 1.14. The Kier molecular flexibility index (Phi) is 4.09. The summed E-state index contributed by atoms with van der Waals surface area (Å²) in [6.45, 7) is 5.10. The highest BCUT2D eigenvalue weighted by molar-refractivity contribution is 5.85. The van der Waals surface area contributed by atoms with Crippen LogP contribution in [-0.2, 0) is 0 Å². The van der Waals surface area contributed by atoms with Crippen molar-refractivity contribution in [2.45, 2.75) is 20.3 Å². The number of aromatic nitrogens is 1. The average molecular weight is 208 g/mol. The zero-order chi connectivity index (χ0) is 11.3. The predicted molar refractivity (Wildman–Crippen MR) is 59.1 cm³/mol. The molecule has 0 fully saturated rings. The van der Waals surface area contributed by atoms with E-state index in [1.165, 1.54) is 6.07 Å². The lowest BCUT2D eigenvalue weighted by atomic mass is 10.1. The topological polar surface area (TPSA) is 62.2 Å². The van der Waals surface area contributed by atoms with Crippen molar-refractivity contribution in [3.63, 3.8) is 0 Å². The first kappa shape index (κ1) is 11.5. The van der Waals surface area contributed by atoms with Crippen LogP contribution in [0.15, 0.2) is 18.2 Å². The number of carbonyl (C=O) groups is 1. The number of nitrogens with zero attached hydrogens (tertiary/aromatic N) is 1. The van der Waals surface area contributed by atoms with Gasteiger partial charge in [0.1, 0.15) is 5.82 Å². The quantitative estimate of drug-likeness (QED) is 0.779. The number of pyridine rings is 1. The van der Waals surface area contributed by atoms with Gasteiger partial charge in [0.15, 0.2) is 5.69 Å². The summed E-state index contributed by atoms with van der Waals surface area (Å²) in [6, 6.07) is 4.94. The van der Waals surface area contributed by atoms with Crippen LogP contribution in [0.25, 0.3) is 0 Å². The Labute approximate surface area is 89.3 Å². The largest absolute Gasteiger partial charge is 0.477 e. The van der Waals surface area contributed by atoms with E-state index in [1.807, 2.05) is 0 Å². The molecule has 1 aromatic rings. The van der Waals surface area contributed by atoms with Crippen LogP contribution in [0.1, 0.15) is 30.8 Å². The number of hydrogen-bond acceptors (Lipinski definition) is 3. The molecule has 1 aromatic heterocycles. The summed E-state index contributed by atoms with van der Waals surface area (Å²) >= 11 is 0. The molecule has 2 N–H and O–H groups in total. The zero-order valence-electron chi connectivity index (χ0n) is 9.03. The van der Waals surface area contributed by atoms with Gasteiger partial charge < -0.3 is 10.4 Å². The van der Waals surface area contributed by atoms with E-state index in [2.05, 4.69) is 24.1 Å². The van der Waals surface area contributed by atoms with Gasteiger partial charge in [0, 0.05) is 6.54 Å². The van der Waals surface area contributed by atoms with Crippen molar-refractivity contribution in [1.82, 2.24) is 4.98 Å². The van der Waals surface area contributed by atoms with Crippen molar-refractivity contribution < 1.29 is 9.90 Å². The first-order valence-corrected chi connectivity index (χ1v) is 5.04. The predicted octanol–water partition coefficient (Wildman–Crippen LogP) is 2.24. The third-order valence-electron chi connectivity index (χ3n) is 2.00. The van der Waals surface area contributed by atoms with Crippen molar-refractivity contribution >= 4 is 11.8 Å². The number of rotatable bonds is 5. The van der Waals surface area contributed by atoms with Gasteiger partial charge >= 0.3 is 5.97 Å². The van der Waals surface area contributed by atoms with Crippen LogP contribution in [0.3, 0.4) is 0 Å². The second-order valence-corrected chi connectivity index (χ2v) is 3.82. The SMILES string of the molecule is CC(C)CCNc1cccc(C(=O)O)n1. The van der Waals surface area contributed by atoms with Gasteiger partial charge in [-0.15, -0.1) is 0 Å². The highest BCUT2D eigenvalue weighted by atomic mass is 16.4. The van der Waals surface area contributed by atoms with Crippen molar-refractivity contribution in [3.05, 3.63) is 23.9 Å². The summed E-state index contributed by atoms with van der Waals surface area (Å²) in [6.07, 6.45) is 1.04. The lowest BCUT2D eigenvalue weighted by Gasteiger charge is -2.07. The van der Waals surface area contributed by atoms with Crippen LogP contribution in [0.5, 0.6) is 0 Å². The first-order valence-electron chi connectivity index (χ1n) is 5.04.